The first-order valence-electron chi connectivity index (χ1n) is 1.96. The SMILES string of the molecule is CC(C)[P+]([O-])([O-])[O-].[Sn+2]. The minimum absolute atomic E-state index is 0. The number of hydrogen-bond donors (Lipinski definition) is 0. The zero-order chi connectivity index (χ0) is 6.08. The van der Waals surface area contributed by atoms with Gasteiger partial charge >= 0.3 is 23.9 Å². The predicted molar refractivity (Wildman–Crippen MR) is 27.8 cm³/mol. The second-order valence-corrected chi connectivity index (χ2v) is 3.75. The third-order valence-corrected chi connectivity index (χ3v) is 1.90. The molecule has 0 saturated heterocycles. The van der Waals surface area contributed by atoms with Crippen molar-refractivity contribution in [2.75, 3.05) is 0 Å². The van der Waals surface area contributed by atoms with Gasteiger partial charge in [0.1, 0.15) is 0 Å². The Morgan fingerprint density at radius 1 is 1.12 bits per heavy atom. The van der Waals surface area contributed by atoms with Crippen LogP contribution in [0.4, 0.5) is 0 Å². The second-order valence-electron chi connectivity index (χ2n) is 1.63. The Balaban J connectivity index is 0. The molecule has 0 aliphatic heterocycles. The predicted octanol–water partition coefficient (Wildman–Crippen LogP) is -2.14. The summed E-state index contributed by atoms with van der Waals surface area (Å²) in [6, 6.07) is 0. The molecule has 2 radical (unpaired) electrons. The van der Waals surface area contributed by atoms with Crippen LogP contribution in [0.2, 0.25) is 0 Å². The van der Waals surface area contributed by atoms with Gasteiger partial charge in [-0.05, 0) is 13.8 Å². The number of rotatable bonds is 1. The average Bonchev–Trinajstić information content (AvgIpc) is 1.31. The van der Waals surface area contributed by atoms with Crippen molar-refractivity contribution in [2.24, 2.45) is 0 Å². The summed E-state index contributed by atoms with van der Waals surface area (Å²) in [7, 11) is -4.24. The molecule has 0 fully saturated rings. The molecule has 0 heterocycles. The third kappa shape index (κ3) is 5.25. The molecule has 0 aromatic heterocycles. The first-order chi connectivity index (χ1) is 2.94. The molecule has 46 valence electrons. The molecule has 0 amide bonds. The van der Waals surface area contributed by atoms with E-state index in [0.29, 0.717) is 0 Å². The Morgan fingerprint density at radius 2 is 1.25 bits per heavy atom. The fourth-order valence-corrected chi connectivity index (χ4v) is 0. The van der Waals surface area contributed by atoms with E-state index in [4.69, 9.17) is 0 Å². The van der Waals surface area contributed by atoms with E-state index in [1.807, 2.05) is 0 Å². The van der Waals surface area contributed by atoms with Crippen LogP contribution in [0.3, 0.4) is 0 Å². The van der Waals surface area contributed by atoms with Gasteiger partial charge in [0, 0.05) is 5.66 Å². The molecule has 0 atom stereocenters. The quantitative estimate of drug-likeness (QED) is 0.388. The van der Waals surface area contributed by atoms with Crippen molar-refractivity contribution < 1.29 is 14.7 Å². The van der Waals surface area contributed by atoms with Gasteiger partial charge in [0.2, 0.25) is 0 Å². The smallest absolute Gasteiger partial charge is 0.687 e. The molecule has 0 aliphatic carbocycles. The van der Waals surface area contributed by atoms with E-state index in [1.165, 1.54) is 13.8 Å². The van der Waals surface area contributed by atoms with Gasteiger partial charge in [-0.2, -0.15) is 7.94 Å². The molecule has 0 unspecified atom stereocenters. The molecule has 0 aromatic carbocycles. The Morgan fingerprint density at radius 3 is 1.25 bits per heavy atom. The van der Waals surface area contributed by atoms with Crippen molar-refractivity contribution in [1.29, 1.82) is 0 Å². The zero-order valence-electron chi connectivity index (χ0n) is 4.75. The summed E-state index contributed by atoms with van der Waals surface area (Å²) in [5.74, 6) is 0. The van der Waals surface area contributed by atoms with Crippen LogP contribution in [-0.4, -0.2) is 29.6 Å². The van der Waals surface area contributed by atoms with E-state index in [1.54, 1.807) is 0 Å². The Kier molecular flexibility index (Phi) is 5.94. The van der Waals surface area contributed by atoms with Crippen molar-refractivity contribution >= 4 is 31.9 Å². The Labute approximate surface area is 66.3 Å². The first kappa shape index (κ1) is 11.9. The van der Waals surface area contributed by atoms with Crippen molar-refractivity contribution in [2.45, 2.75) is 19.5 Å². The Hall–Kier alpha value is 1.11. The van der Waals surface area contributed by atoms with Crippen LogP contribution in [-0.2, 0) is 0 Å². The normalized spacial score (nSPS) is 11.2. The Bertz CT molecular complexity index is 60.0. The standard InChI is InChI=1S/C3H9O3P.Sn/c1-3(2)7(4,5)6;/h3H,1-2H3,(H2,4,5,6);/q;+2/p-2. The molecule has 3 nitrogen and oxygen atoms in total. The summed E-state index contributed by atoms with van der Waals surface area (Å²) in [4.78, 5) is 29.4. The maximum absolute atomic E-state index is 9.80. The minimum atomic E-state index is -4.24. The molecular weight excluding hydrogens is 234 g/mol. The van der Waals surface area contributed by atoms with Crippen LogP contribution in [0.25, 0.3) is 0 Å². The molecule has 0 bridgehead atoms. The van der Waals surface area contributed by atoms with Gasteiger partial charge in [0.15, 0.2) is 0 Å². The molecule has 8 heavy (non-hydrogen) atoms. The van der Waals surface area contributed by atoms with Gasteiger partial charge < -0.3 is 14.7 Å². The summed E-state index contributed by atoms with van der Waals surface area (Å²) in [5.41, 5.74) is -0.757. The van der Waals surface area contributed by atoms with Crippen molar-refractivity contribution in [3.8, 4) is 0 Å². The molecule has 0 rings (SSSR count). The molecule has 0 N–H and O–H groups in total. The summed E-state index contributed by atoms with van der Waals surface area (Å²) in [6.07, 6.45) is 0. The van der Waals surface area contributed by atoms with Crippen LogP contribution >= 0.6 is 7.94 Å². The van der Waals surface area contributed by atoms with E-state index >= 15 is 0 Å². The zero-order valence-corrected chi connectivity index (χ0v) is 8.50. The van der Waals surface area contributed by atoms with Gasteiger partial charge in [-0.3, -0.25) is 0 Å². The van der Waals surface area contributed by atoms with Crippen molar-refractivity contribution in [3.63, 3.8) is 0 Å². The van der Waals surface area contributed by atoms with E-state index in [0.717, 1.165) is 0 Å². The minimum Gasteiger partial charge on any atom is -0.687 e. The fraction of sp³-hybridized carbons (Fsp3) is 1.00. The summed E-state index contributed by atoms with van der Waals surface area (Å²) >= 11 is 0. The van der Waals surface area contributed by atoms with E-state index in [9.17, 15) is 14.7 Å². The van der Waals surface area contributed by atoms with E-state index < -0.39 is 13.6 Å². The summed E-state index contributed by atoms with van der Waals surface area (Å²) in [5, 5.41) is 0. The van der Waals surface area contributed by atoms with Gasteiger partial charge in [-0.15, -0.1) is 0 Å². The maximum atomic E-state index is 9.80. The van der Waals surface area contributed by atoms with E-state index in [2.05, 4.69) is 0 Å². The summed E-state index contributed by atoms with van der Waals surface area (Å²) in [6.45, 7) is 2.72. The second kappa shape index (κ2) is 4.01. The molecule has 0 aromatic rings. The molecule has 5 heteroatoms. The first-order valence-corrected chi connectivity index (χ1v) is 3.57. The molecule has 0 saturated carbocycles. The van der Waals surface area contributed by atoms with Crippen LogP contribution in [0.5, 0.6) is 0 Å². The van der Waals surface area contributed by atoms with Gasteiger partial charge in [0.05, 0.1) is 0 Å². The largest absolute Gasteiger partial charge is 2.00 e. The monoisotopic (exact) mass is 242 g/mol. The van der Waals surface area contributed by atoms with Gasteiger partial charge in [-0.25, -0.2) is 0 Å². The molecular formula is C3H7O3PSn. The van der Waals surface area contributed by atoms with Crippen LogP contribution in [0.15, 0.2) is 0 Å². The molecule has 0 spiro atoms. The number of hydrogen-bond acceptors (Lipinski definition) is 3. The van der Waals surface area contributed by atoms with Crippen LogP contribution in [0, 0.1) is 0 Å². The molecule has 0 aliphatic rings. The topological polar surface area (TPSA) is 69.2 Å². The average molecular weight is 241 g/mol. The third-order valence-electron chi connectivity index (χ3n) is 0.632. The van der Waals surface area contributed by atoms with Crippen molar-refractivity contribution in [1.82, 2.24) is 0 Å². The van der Waals surface area contributed by atoms with Crippen molar-refractivity contribution in [3.05, 3.63) is 0 Å². The van der Waals surface area contributed by atoms with Crippen LogP contribution < -0.4 is 14.7 Å². The fourth-order valence-electron chi connectivity index (χ4n) is 0. The maximum Gasteiger partial charge on any atom is 2.00 e. The summed E-state index contributed by atoms with van der Waals surface area (Å²) < 4.78 is 0. The van der Waals surface area contributed by atoms with Gasteiger partial charge in [0.25, 0.3) is 0 Å². The van der Waals surface area contributed by atoms with Gasteiger partial charge in [-0.1, -0.05) is 0 Å². The van der Waals surface area contributed by atoms with Crippen LogP contribution in [0.1, 0.15) is 13.8 Å². The van der Waals surface area contributed by atoms with E-state index in [-0.39, 0.29) is 23.9 Å².